The third-order valence-corrected chi connectivity index (χ3v) is 3.68. The third kappa shape index (κ3) is 4.91. The van der Waals surface area contributed by atoms with E-state index in [4.69, 9.17) is 0 Å². The van der Waals surface area contributed by atoms with Crippen LogP contribution >= 0.6 is 0 Å². The van der Waals surface area contributed by atoms with E-state index in [1.54, 1.807) is 24.9 Å². The zero-order valence-electron chi connectivity index (χ0n) is 14.2. The van der Waals surface area contributed by atoms with Crippen LogP contribution in [0.2, 0.25) is 0 Å². The van der Waals surface area contributed by atoms with Crippen molar-refractivity contribution in [2.24, 2.45) is 0 Å². The quantitative estimate of drug-likeness (QED) is 0.804. The molecule has 0 spiro atoms. The van der Waals surface area contributed by atoms with Gasteiger partial charge in [0.2, 0.25) is 11.8 Å². The molecule has 2 amide bonds. The van der Waals surface area contributed by atoms with Gasteiger partial charge < -0.3 is 10.6 Å². The maximum Gasteiger partial charge on any atom is 0.245 e. The summed E-state index contributed by atoms with van der Waals surface area (Å²) in [6.07, 6.45) is 3.79. The molecule has 1 atom stereocenters. The second-order valence-electron chi connectivity index (χ2n) is 6.19. The molecule has 0 radical (unpaired) electrons. The van der Waals surface area contributed by atoms with Gasteiger partial charge in [-0.3, -0.25) is 14.3 Å². The van der Waals surface area contributed by atoms with E-state index >= 15 is 0 Å². The van der Waals surface area contributed by atoms with Crippen LogP contribution in [0.4, 0.5) is 0 Å². The van der Waals surface area contributed by atoms with Crippen molar-refractivity contribution in [3.63, 3.8) is 0 Å². The molecule has 0 saturated carbocycles. The molecular formula is C17H23N5O2. The molecule has 0 saturated heterocycles. The molecule has 7 nitrogen and oxygen atoms in total. The van der Waals surface area contributed by atoms with Crippen molar-refractivity contribution in [3.05, 3.63) is 48.5 Å². The fourth-order valence-corrected chi connectivity index (χ4v) is 2.45. The van der Waals surface area contributed by atoms with Crippen LogP contribution in [0.25, 0.3) is 0 Å². The van der Waals surface area contributed by atoms with Gasteiger partial charge in [0, 0.05) is 13.5 Å². The first kappa shape index (κ1) is 17.7. The molecule has 1 unspecified atom stereocenters. The van der Waals surface area contributed by atoms with E-state index in [0.717, 1.165) is 5.56 Å². The summed E-state index contributed by atoms with van der Waals surface area (Å²) in [5, 5.41) is 9.78. The Labute approximate surface area is 141 Å². The van der Waals surface area contributed by atoms with Crippen LogP contribution in [0.1, 0.15) is 38.8 Å². The van der Waals surface area contributed by atoms with Crippen molar-refractivity contribution in [3.8, 4) is 0 Å². The third-order valence-electron chi connectivity index (χ3n) is 3.68. The molecule has 2 rings (SSSR count). The molecule has 0 aliphatic rings. The average Bonchev–Trinajstić information content (AvgIpc) is 3.04. The fraction of sp³-hybridized carbons (Fsp3) is 0.412. The largest absolute Gasteiger partial charge is 0.347 e. The van der Waals surface area contributed by atoms with Gasteiger partial charge in [0.05, 0.1) is 6.04 Å². The first-order valence-corrected chi connectivity index (χ1v) is 7.85. The Balaban J connectivity index is 2.10. The number of amides is 2. The predicted molar refractivity (Wildman–Crippen MR) is 89.9 cm³/mol. The fourth-order valence-electron chi connectivity index (χ4n) is 2.45. The standard InChI is InChI=1S/C17H23N5O2/c1-13(23)21-17(2,3)16(24)20-15(14-7-5-4-6-8-14)9-10-22-12-18-11-19-22/h4-8,11-12,15H,9-10H2,1-3H3,(H,20,24)(H,21,23). The van der Waals surface area contributed by atoms with Crippen LogP contribution in [0.15, 0.2) is 43.0 Å². The highest BCUT2D eigenvalue weighted by atomic mass is 16.2. The second kappa shape index (κ2) is 7.72. The van der Waals surface area contributed by atoms with Gasteiger partial charge in [-0.1, -0.05) is 30.3 Å². The topological polar surface area (TPSA) is 88.9 Å². The van der Waals surface area contributed by atoms with E-state index in [1.807, 2.05) is 30.3 Å². The number of nitrogens with one attached hydrogen (secondary N) is 2. The van der Waals surface area contributed by atoms with Gasteiger partial charge in [0.1, 0.15) is 18.2 Å². The summed E-state index contributed by atoms with van der Waals surface area (Å²) in [5.41, 5.74) is 0.0242. The highest BCUT2D eigenvalue weighted by Crippen LogP contribution is 2.18. The van der Waals surface area contributed by atoms with Gasteiger partial charge in [0.15, 0.2) is 0 Å². The number of carbonyl (C=O) groups is 2. The van der Waals surface area contributed by atoms with Crippen LogP contribution in [0, 0.1) is 0 Å². The molecule has 128 valence electrons. The van der Waals surface area contributed by atoms with E-state index in [9.17, 15) is 9.59 Å². The zero-order chi connectivity index (χ0) is 17.6. The van der Waals surface area contributed by atoms with Gasteiger partial charge in [-0.15, -0.1) is 0 Å². The molecule has 0 bridgehead atoms. The van der Waals surface area contributed by atoms with Crippen LogP contribution < -0.4 is 10.6 Å². The van der Waals surface area contributed by atoms with Crippen molar-refractivity contribution in [1.82, 2.24) is 25.4 Å². The molecule has 7 heteroatoms. The lowest BCUT2D eigenvalue weighted by atomic mass is 9.99. The molecule has 2 N–H and O–H groups in total. The van der Waals surface area contributed by atoms with Crippen LogP contribution in [0.5, 0.6) is 0 Å². The Morgan fingerprint density at radius 2 is 1.96 bits per heavy atom. The molecule has 0 aliphatic heterocycles. The Morgan fingerprint density at radius 3 is 2.54 bits per heavy atom. The number of hydrogen-bond donors (Lipinski definition) is 2. The summed E-state index contributed by atoms with van der Waals surface area (Å²) < 4.78 is 1.72. The minimum atomic E-state index is -0.980. The highest BCUT2D eigenvalue weighted by Gasteiger charge is 2.30. The predicted octanol–water partition coefficient (Wildman–Crippen LogP) is 1.44. The van der Waals surface area contributed by atoms with Crippen LogP contribution in [0.3, 0.4) is 0 Å². The minimum absolute atomic E-state index is 0.184. The molecule has 24 heavy (non-hydrogen) atoms. The van der Waals surface area contributed by atoms with Crippen molar-refractivity contribution < 1.29 is 9.59 Å². The summed E-state index contributed by atoms with van der Waals surface area (Å²) in [5.74, 6) is -0.473. The summed E-state index contributed by atoms with van der Waals surface area (Å²) in [7, 11) is 0. The summed E-state index contributed by atoms with van der Waals surface area (Å²) >= 11 is 0. The number of aryl methyl sites for hydroxylation is 1. The van der Waals surface area contributed by atoms with Gasteiger partial charge in [0.25, 0.3) is 0 Å². The van der Waals surface area contributed by atoms with E-state index in [1.165, 1.54) is 13.3 Å². The normalized spacial score (nSPS) is 12.5. The molecule has 1 aromatic carbocycles. The van der Waals surface area contributed by atoms with Crippen LogP contribution in [-0.2, 0) is 16.1 Å². The Morgan fingerprint density at radius 1 is 1.25 bits per heavy atom. The van der Waals surface area contributed by atoms with E-state index in [-0.39, 0.29) is 17.9 Å². The van der Waals surface area contributed by atoms with E-state index < -0.39 is 5.54 Å². The highest BCUT2D eigenvalue weighted by molar-refractivity contribution is 5.90. The molecule has 0 fully saturated rings. The lowest BCUT2D eigenvalue weighted by Crippen LogP contribution is -2.54. The summed E-state index contributed by atoms with van der Waals surface area (Å²) in [4.78, 5) is 27.8. The number of rotatable bonds is 7. The maximum absolute atomic E-state index is 12.6. The number of aromatic nitrogens is 3. The van der Waals surface area contributed by atoms with Gasteiger partial charge in [-0.05, 0) is 25.8 Å². The molecule has 1 aromatic heterocycles. The maximum atomic E-state index is 12.6. The number of benzene rings is 1. The van der Waals surface area contributed by atoms with Gasteiger partial charge in [-0.2, -0.15) is 5.10 Å². The van der Waals surface area contributed by atoms with E-state index in [2.05, 4.69) is 20.7 Å². The summed E-state index contributed by atoms with van der Waals surface area (Å²) in [6, 6.07) is 9.55. The van der Waals surface area contributed by atoms with Crippen molar-refractivity contribution in [2.75, 3.05) is 0 Å². The summed E-state index contributed by atoms with van der Waals surface area (Å²) in [6.45, 7) is 5.39. The zero-order valence-corrected chi connectivity index (χ0v) is 14.2. The average molecular weight is 329 g/mol. The smallest absolute Gasteiger partial charge is 0.245 e. The SMILES string of the molecule is CC(=O)NC(C)(C)C(=O)NC(CCn1cncn1)c1ccccc1. The van der Waals surface area contributed by atoms with Gasteiger partial charge in [-0.25, -0.2) is 4.98 Å². The second-order valence-corrected chi connectivity index (χ2v) is 6.19. The lowest BCUT2D eigenvalue weighted by molar-refractivity contribution is -0.132. The number of carbonyl (C=O) groups excluding carboxylic acids is 2. The molecule has 2 aromatic rings. The van der Waals surface area contributed by atoms with Crippen molar-refractivity contribution in [2.45, 2.75) is 45.3 Å². The number of nitrogens with zero attached hydrogens (tertiary/aromatic N) is 3. The minimum Gasteiger partial charge on any atom is -0.347 e. The Kier molecular flexibility index (Phi) is 5.68. The Bertz CT molecular complexity index is 668. The Hall–Kier alpha value is -2.70. The van der Waals surface area contributed by atoms with Crippen molar-refractivity contribution >= 4 is 11.8 Å². The number of hydrogen-bond acceptors (Lipinski definition) is 4. The monoisotopic (exact) mass is 329 g/mol. The molecular weight excluding hydrogens is 306 g/mol. The molecule has 1 heterocycles. The lowest BCUT2D eigenvalue weighted by Gasteiger charge is -2.28. The van der Waals surface area contributed by atoms with Crippen molar-refractivity contribution in [1.29, 1.82) is 0 Å². The first-order chi connectivity index (χ1) is 11.4. The first-order valence-electron chi connectivity index (χ1n) is 7.85. The van der Waals surface area contributed by atoms with Crippen LogP contribution in [-0.4, -0.2) is 32.1 Å². The van der Waals surface area contributed by atoms with E-state index in [0.29, 0.717) is 13.0 Å². The molecule has 0 aliphatic carbocycles. The van der Waals surface area contributed by atoms with Gasteiger partial charge >= 0.3 is 0 Å².